The number of furan rings is 1. The van der Waals surface area contributed by atoms with Gasteiger partial charge in [-0.15, -0.1) is 0 Å². The number of aromatic nitrogens is 3. The van der Waals surface area contributed by atoms with Crippen LogP contribution in [0.3, 0.4) is 0 Å². The van der Waals surface area contributed by atoms with Crippen molar-refractivity contribution in [3.63, 3.8) is 0 Å². The molecule has 0 aliphatic heterocycles. The fourth-order valence-electron chi connectivity index (χ4n) is 1.16. The fraction of sp³-hybridized carbons (Fsp3) is 0.300. The lowest BCUT2D eigenvalue weighted by molar-refractivity contribution is 0.530. The van der Waals surface area contributed by atoms with Crippen LogP contribution in [-0.4, -0.2) is 21.5 Å². The Balaban J connectivity index is 2.04. The quantitative estimate of drug-likeness (QED) is 0.843. The van der Waals surface area contributed by atoms with E-state index in [-0.39, 0.29) is 5.28 Å². The van der Waals surface area contributed by atoms with Crippen molar-refractivity contribution in [2.45, 2.75) is 17.8 Å². The molecule has 0 spiro atoms. The van der Waals surface area contributed by atoms with E-state index in [1.807, 2.05) is 19.1 Å². The Labute approximate surface area is 108 Å². The predicted molar refractivity (Wildman–Crippen MR) is 67.3 cm³/mol. The standard InChI is InChI=1S/C10H11ClN4OS/c1-2-12-9-13-8(11)14-10(15-9)17-6-7-4-3-5-16-7/h3-5H,2,6H2,1H3,(H,12,13,14,15). The van der Waals surface area contributed by atoms with Crippen molar-refractivity contribution < 1.29 is 4.42 Å². The van der Waals surface area contributed by atoms with Gasteiger partial charge < -0.3 is 9.73 Å². The third-order valence-corrected chi connectivity index (χ3v) is 2.88. The Hall–Kier alpha value is -1.27. The van der Waals surface area contributed by atoms with Crippen molar-refractivity contribution >= 4 is 29.3 Å². The van der Waals surface area contributed by atoms with Gasteiger partial charge in [0, 0.05) is 6.54 Å². The summed E-state index contributed by atoms with van der Waals surface area (Å²) in [6, 6.07) is 3.75. The van der Waals surface area contributed by atoms with E-state index < -0.39 is 0 Å². The van der Waals surface area contributed by atoms with E-state index in [1.54, 1.807) is 6.26 Å². The molecule has 90 valence electrons. The number of hydrogen-bond acceptors (Lipinski definition) is 6. The second kappa shape index (κ2) is 5.88. The Kier molecular flexibility index (Phi) is 4.22. The highest BCUT2D eigenvalue weighted by molar-refractivity contribution is 7.98. The molecule has 1 N–H and O–H groups in total. The van der Waals surface area contributed by atoms with Crippen LogP contribution in [0.4, 0.5) is 5.95 Å². The van der Waals surface area contributed by atoms with Crippen LogP contribution >= 0.6 is 23.4 Å². The van der Waals surface area contributed by atoms with E-state index >= 15 is 0 Å². The van der Waals surface area contributed by atoms with Gasteiger partial charge in [0.05, 0.1) is 12.0 Å². The second-order valence-electron chi connectivity index (χ2n) is 3.11. The van der Waals surface area contributed by atoms with Gasteiger partial charge in [-0.2, -0.15) is 15.0 Å². The van der Waals surface area contributed by atoms with Gasteiger partial charge in [-0.05, 0) is 30.7 Å². The molecule has 17 heavy (non-hydrogen) atoms. The summed E-state index contributed by atoms with van der Waals surface area (Å²) < 4.78 is 5.22. The van der Waals surface area contributed by atoms with Crippen molar-refractivity contribution in [1.29, 1.82) is 0 Å². The Morgan fingerprint density at radius 3 is 3.00 bits per heavy atom. The molecule has 0 saturated carbocycles. The SMILES string of the molecule is CCNc1nc(Cl)nc(SCc2ccco2)n1. The van der Waals surface area contributed by atoms with Crippen molar-refractivity contribution in [3.8, 4) is 0 Å². The number of anilines is 1. The van der Waals surface area contributed by atoms with Crippen LogP contribution in [0.15, 0.2) is 28.0 Å². The lowest BCUT2D eigenvalue weighted by Gasteiger charge is -2.03. The van der Waals surface area contributed by atoms with Gasteiger partial charge in [0.1, 0.15) is 5.76 Å². The summed E-state index contributed by atoms with van der Waals surface area (Å²) in [5.41, 5.74) is 0. The van der Waals surface area contributed by atoms with E-state index in [0.29, 0.717) is 16.9 Å². The number of halogens is 1. The smallest absolute Gasteiger partial charge is 0.228 e. The maximum absolute atomic E-state index is 5.81. The van der Waals surface area contributed by atoms with Crippen molar-refractivity contribution in [2.24, 2.45) is 0 Å². The molecule has 5 nitrogen and oxygen atoms in total. The van der Waals surface area contributed by atoms with Gasteiger partial charge in [-0.25, -0.2) is 0 Å². The van der Waals surface area contributed by atoms with E-state index in [2.05, 4.69) is 20.3 Å². The van der Waals surface area contributed by atoms with Crippen LogP contribution in [0.25, 0.3) is 0 Å². The third-order valence-electron chi connectivity index (χ3n) is 1.85. The lowest BCUT2D eigenvalue weighted by atomic mass is 10.5. The summed E-state index contributed by atoms with van der Waals surface area (Å²) in [5, 5.41) is 3.77. The molecule has 0 aliphatic rings. The van der Waals surface area contributed by atoms with Crippen LogP contribution < -0.4 is 5.32 Å². The fourth-order valence-corrected chi connectivity index (χ4v) is 2.11. The topological polar surface area (TPSA) is 63.8 Å². The molecule has 0 aliphatic carbocycles. The van der Waals surface area contributed by atoms with Crippen molar-refractivity contribution in [3.05, 3.63) is 29.4 Å². The number of rotatable bonds is 5. The predicted octanol–water partition coefficient (Wildman–Crippen LogP) is 2.84. The minimum atomic E-state index is 0.192. The van der Waals surface area contributed by atoms with Gasteiger partial charge in [-0.1, -0.05) is 11.8 Å². The maximum atomic E-state index is 5.81. The highest BCUT2D eigenvalue weighted by atomic mass is 35.5. The molecule has 0 aromatic carbocycles. The number of nitrogens with one attached hydrogen (secondary N) is 1. The first-order valence-electron chi connectivity index (χ1n) is 5.08. The average Bonchev–Trinajstić information content (AvgIpc) is 2.79. The largest absolute Gasteiger partial charge is 0.468 e. The molecule has 2 rings (SSSR count). The molecule has 0 saturated heterocycles. The van der Waals surface area contributed by atoms with Crippen LogP contribution in [0.5, 0.6) is 0 Å². The Morgan fingerprint density at radius 2 is 2.29 bits per heavy atom. The zero-order chi connectivity index (χ0) is 12.1. The summed E-state index contributed by atoms with van der Waals surface area (Å²) in [7, 11) is 0. The molecule has 0 atom stereocenters. The Morgan fingerprint density at radius 1 is 1.41 bits per heavy atom. The molecule has 0 amide bonds. The first-order chi connectivity index (χ1) is 8.28. The van der Waals surface area contributed by atoms with E-state index in [4.69, 9.17) is 16.0 Å². The molecular formula is C10H11ClN4OS. The minimum Gasteiger partial charge on any atom is -0.468 e. The lowest BCUT2D eigenvalue weighted by Crippen LogP contribution is -2.04. The molecule has 0 radical (unpaired) electrons. The molecule has 0 bridgehead atoms. The number of thioether (sulfide) groups is 1. The molecule has 2 aromatic rings. The summed E-state index contributed by atoms with van der Waals surface area (Å²) >= 11 is 7.26. The van der Waals surface area contributed by atoms with Crippen LogP contribution in [0.1, 0.15) is 12.7 Å². The first-order valence-corrected chi connectivity index (χ1v) is 6.45. The summed E-state index contributed by atoms with van der Waals surface area (Å²) in [4.78, 5) is 12.2. The second-order valence-corrected chi connectivity index (χ2v) is 4.39. The summed E-state index contributed by atoms with van der Waals surface area (Å²) in [6.07, 6.45) is 1.64. The monoisotopic (exact) mass is 270 g/mol. The molecule has 2 heterocycles. The molecule has 0 fully saturated rings. The van der Waals surface area contributed by atoms with Crippen LogP contribution in [0, 0.1) is 0 Å². The molecule has 7 heteroatoms. The van der Waals surface area contributed by atoms with Gasteiger partial charge >= 0.3 is 0 Å². The third kappa shape index (κ3) is 3.61. The molecular weight excluding hydrogens is 260 g/mol. The van der Waals surface area contributed by atoms with E-state index in [0.717, 1.165) is 12.3 Å². The van der Waals surface area contributed by atoms with E-state index in [1.165, 1.54) is 11.8 Å². The first kappa shape index (κ1) is 12.2. The zero-order valence-electron chi connectivity index (χ0n) is 9.18. The highest BCUT2D eigenvalue weighted by Crippen LogP contribution is 2.21. The van der Waals surface area contributed by atoms with Crippen molar-refractivity contribution in [2.75, 3.05) is 11.9 Å². The van der Waals surface area contributed by atoms with Crippen molar-refractivity contribution in [1.82, 2.24) is 15.0 Å². The average molecular weight is 271 g/mol. The van der Waals surface area contributed by atoms with E-state index in [9.17, 15) is 0 Å². The van der Waals surface area contributed by atoms with Crippen LogP contribution in [-0.2, 0) is 5.75 Å². The summed E-state index contributed by atoms with van der Waals surface area (Å²) in [6.45, 7) is 2.70. The van der Waals surface area contributed by atoms with Gasteiger partial charge in [-0.3, -0.25) is 0 Å². The van der Waals surface area contributed by atoms with Crippen LogP contribution in [0.2, 0.25) is 5.28 Å². The normalized spacial score (nSPS) is 10.5. The van der Waals surface area contributed by atoms with Gasteiger partial charge in [0.2, 0.25) is 11.2 Å². The molecule has 0 unspecified atom stereocenters. The summed E-state index contributed by atoms with van der Waals surface area (Å²) in [5.74, 6) is 2.03. The highest BCUT2D eigenvalue weighted by Gasteiger charge is 2.06. The Bertz CT molecular complexity index is 477. The number of hydrogen-bond donors (Lipinski definition) is 1. The van der Waals surface area contributed by atoms with Gasteiger partial charge in [0.25, 0.3) is 0 Å². The zero-order valence-corrected chi connectivity index (χ0v) is 10.8. The van der Waals surface area contributed by atoms with Gasteiger partial charge in [0.15, 0.2) is 5.16 Å². The molecule has 2 aromatic heterocycles. The minimum absolute atomic E-state index is 0.192. The maximum Gasteiger partial charge on any atom is 0.228 e. The number of nitrogens with zero attached hydrogens (tertiary/aromatic N) is 3.